The Bertz CT molecular complexity index is 459. The van der Waals surface area contributed by atoms with E-state index in [1.807, 2.05) is 10.8 Å². The largest absolute Gasteiger partial charge is 0.353 e. The van der Waals surface area contributed by atoms with Crippen LogP contribution >= 0.6 is 11.3 Å². The summed E-state index contributed by atoms with van der Waals surface area (Å²) in [5.74, 6) is 0.636. The molecule has 0 spiro atoms. The van der Waals surface area contributed by atoms with E-state index in [0.717, 1.165) is 6.42 Å². The summed E-state index contributed by atoms with van der Waals surface area (Å²) in [7, 11) is 0. The molecule has 1 saturated carbocycles. The highest BCUT2D eigenvalue weighted by atomic mass is 32.1. The van der Waals surface area contributed by atoms with Gasteiger partial charge in [0.15, 0.2) is 0 Å². The summed E-state index contributed by atoms with van der Waals surface area (Å²) in [6.07, 6.45) is 5.97. The van der Waals surface area contributed by atoms with E-state index in [4.69, 9.17) is 0 Å². The van der Waals surface area contributed by atoms with Crippen LogP contribution in [0.4, 0.5) is 0 Å². The summed E-state index contributed by atoms with van der Waals surface area (Å²) in [6.45, 7) is 2.76. The SMILES string of the molecule is CC1CCCCC1NC(=O)CCCNC(=O)c1ccsc1. The molecule has 0 radical (unpaired) electrons. The van der Waals surface area contributed by atoms with Crippen molar-refractivity contribution in [1.29, 1.82) is 0 Å². The van der Waals surface area contributed by atoms with Crippen LogP contribution in [-0.2, 0) is 4.79 Å². The van der Waals surface area contributed by atoms with E-state index in [1.54, 1.807) is 6.07 Å². The first-order valence-corrected chi connectivity index (χ1v) is 8.71. The Kier molecular flexibility index (Phi) is 6.23. The second-order valence-corrected chi connectivity index (χ2v) is 6.59. The number of carbonyl (C=O) groups excluding carboxylic acids is 2. The Hall–Kier alpha value is -1.36. The van der Waals surface area contributed by atoms with Crippen LogP contribution in [0.3, 0.4) is 0 Å². The van der Waals surface area contributed by atoms with E-state index >= 15 is 0 Å². The van der Waals surface area contributed by atoms with Gasteiger partial charge in [0.2, 0.25) is 5.91 Å². The van der Waals surface area contributed by atoms with E-state index in [2.05, 4.69) is 17.6 Å². The number of hydrogen-bond donors (Lipinski definition) is 2. The van der Waals surface area contributed by atoms with Gasteiger partial charge in [-0.1, -0.05) is 19.8 Å². The topological polar surface area (TPSA) is 58.2 Å². The van der Waals surface area contributed by atoms with Gasteiger partial charge in [0.05, 0.1) is 0 Å². The van der Waals surface area contributed by atoms with Gasteiger partial charge in [0.1, 0.15) is 0 Å². The van der Waals surface area contributed by atoms with Crippen molar-refractivity contribution in [2.24, 2.45) is 5.92 Å². The molecule has 4 nitrogen and oxygen atoms in total. The van der Waals surface area contributed by atoms with Crippen LogP contribution in [0.15, 0.2) is 16.8 Å². The molecule has 2 N–H and O–H groups in total. The van der Waals surface area contributed by atoms with E-state index in [-0.39, 0.29) is 11.8 Å². The minimum absolute atomic E-state index is 0.0578. The molecule has 1 aromatic heterocycles. The highest BCUT2D eigenvalue weighted by Gasteiger charge is 2.22. The van der Waals surface area contributed by atoms with Gasteiger partial charge in [-0.05, 0) is 36.6 Å². The number of carbonyl (C=O) groups is 2. The molecule has 1 heterocycles. The van der Waals surface area contributed by atoms with E-state index < -0.39 is 0 Å². The number of thiophene rings is 1. The maximum Gasteiger partial charge on any atom is 0.252 e. The maximum atomic E-state index is 11.9. The third-order valence-electron chi connectivity index (χ3n) is 4.11. The normalized spacial score (nSPS) is 21.8. The molecule has 1 aliphatic carbocycles. The molecular weight excluding hydrogens is 284 g/mol. The zero-order chi connectivity index (χ0) is 15.1. The lowest BCUT2D eigenvalue weighted by molar-refractivity contribution is -0.122. The quantitative estimate of drug-likeness (QED) is 0.794. The van der Waals surface area contributed by atoms with Gasteiger partial charge in [-0.15, -0.1) is 0 Å². The van der Waals surface area contributed by atoms with Crippen LogP contribution in [0, 0.1) is 5.92 Å². The standard InChI is InChI=1S/C16H24N2O2S/c1-12-5-2-3-6-14(12)18-15(19)7-4-9-17-16(20)13-8-10-21-11-13/h8,10-12,14H,2-7,9H2,1H3,(H,17,20)(H,18,19). The third kappa shape index (κ3) is 5.16. The molecule has 2 atom stereocenters. The molecule has 5 heteroatoms. The van der Waals surface area contributed by atoms with Crippen molar-refractivity contribution in [2.45, 2.75) is 51.5 Å². The molecule has 1 aliphatic rings. The molecule has 0 aliphatic heterocycles. The van der Waals surface area contributed by atoms with Crippen molar-refractivity contribution in [2.75, 3.05) is 6.54 Å². The molecule has 116 valence electrons. The van der Waals surface area contributed by atoms with Crippen molar-refractivity contribution in [1.82, 2.24) is 10.6 Å². The third-order valence-corrected chi connectivity index (χ3v) is 4.79. The summed E-state index contributed by atoms with van der Waals surface area (Å²) < 4.78 is 0. The summed E-state index contributed by atoms with van der Waals surface area (Å²) in [4.78, 5) is 23.6. The monoisotopic (exact) mass is 308 g/mol. The predicted molar refractivity (Wildman–Crippen MR) is 85.4 cm³/mol. The van der Waals surface area contributed by atoms with Crippen molar-refractivity contribution >= 4 is 23.2 Å². The summed E-state index contributed by atoms with van der Waals surface area (Å²) >= 11 is 1.51. The Morgan fingerprint density at radius 1 is 1.33 bits per heavy atom. The molecule has 1 fully saturated rings. The molecule has 0 aromatic carbocycles. The first kappa shape index (κ1) is 16.0. The number of amides is 2. The first-order valence-electron chi connectivity index (χ1n) is 7.76. The summed E-state index contributed by atoms with van der Waals surface area (Å²) in [5.41, 5.74) is 0.695. The fourth-order valence-electron chi connectivity index (χ4n) is 2.76. The lowest BCUT2D eigenvalue weighted by Gasteiger charge is -2.29. The Labute approximate surface area is 130 Å². The van der Waals surface area contributed by atoms with Crippen molar-refractivity contribution in [3.8, 4) is 0 Å². The number of hydrogen-bond acceptors (Lipinski definition) is 3. The summed E-state index contributed by atoms with van der Waals surface area (Å²) in [5, 5.41) is 9.68. The molecule has 21 heavy (non-hydrogen) atoms. The Balaban J connectivity index is 1.60. The molecule has 1 aromatic rings. The highest BCUT2D eigenvalue weighted by molar-refractivity contribution is 7.08. The van der Waals surface area contributed by atoms with E-state index in [1.165, 1.54) is 30.6 Å². The van der Waals surface area contributed by atoms with Crippen LogP contribution in [0.5, 0.6) is 0 Å². The van der Waals surface area contributed by atoms with Gasteiger partial charge >= 0.3 is 0 Å². The second kappa shape index (κ2) is 8.17. The maximum absolute atomic E-state index is 11.9. The predicted octanol–water partition coefficient (Wildman–Crippen LogP) is 2.95. The molecule has 0 bridgehead atoms. The number of nitrogens with one attached hydrogen (secondary N) is 2. The average Bonchev–Trinajstić information content (AvgIpc) is 3.00. The minimum atomic E-state index is -0.0578. The van der Waals surface area contributed by atoms with Crippen LogP contribution < -0.4 is 10.6 Å². The molecule has 2 unspecified atom stereocenters. The fraction of sp³-hybridized carbons (Fsp3) is 0.625. The first-order chi connectivity index (χ1) is 10.2. The van der Waals surface area contributed by atoms with Gasteiger partial charge in [0.25, 0.3) is 5.91 Å². The number of rotatable bonds is 6. The lowest BCUT2D eigenvalue weighted by Crippen LogP contribution is -2.41. The highest BCUT2D eigenvalue weighted by Crippen LogP contribution is 2.23. The van der Waals surface area contributed by atoms with E-state index in [9.17, 15) is 9.59 Å². The Morgan fingerprint density at radius 2 is 2.14 bits per heavy atom. The van der Waals surface area contributed by atoms with Crippen molar-refractivity contribution in [3.63, 3.8) is 0 Å². The van der Waals surface area contributed by atoms with Gasteiger partial charge in [-0.2, -0.15) is 11.3 Å². The smallest absolute Gasteiger partial charge is 0.252 e. The van der Waals surface area contributed by atoms with Crippen molar-refractivity contribution in [3.05, 3.63) is 22.4 Å². The molecule has 2 amide bonds. The van der Waals surface area contributed by atoms with Gasteiger partial charge < -0.3 is 10.6 Å². The van der Waals surface area contributed by atoms with Crippen LogP contribution in [0.25, 0.3) is 0 Å². The lowest BCUT2D eigenvalue weighted by atomic mass is 9.86. The average molecular weight is 308 g/mol. The van der Waals surface area contributed by atoms with E-state index in [0.29, 0.717) is 36.9 Å². The van der Waals surface area contributed by atoms with Crippen LogP contribution in [0.2, 0.25) is 0 Å². The van der Waals surface area contributed by atoms with Gasteiger partial charge in [-0.25, -0.2) is 0 Å². The van der Waals surface area contributed by atoms with Gasteiger partial charge in [0, 0.05) is 30.0 Å². The Morgan fingerprint density at radius 3 is 2.86 bits per heavy atom. The fourth-order valence-corrected chi connectivity index (χ4v) is 3.39. The van der Waals surface area contributed by atoms with Gasteiger partial charge in [-0.3, -0.25) is 9.59 Å². The zero-order valence-corrected chi connectivity index (χ0v) is 13.4. The molecule has 2 rings (SSSR count). The van der Waals surface area contributed by atoms with Crippen LogP contribution in [0.1, 0.15) is 55.8 Å². The summed E-state index contributed by atoms with van der Waals surface area (Å²) in [6, 6.07) is 2.14. The zero-order valence-electron chi connectivity index (χ0n) is 12.6. The minimum Gasteiger partial charge on any atom is -0.353 e. The molecule has 0 saturated heterocycles. The van der Waals surface area contributed by atoms with Crippen LogP contribution in [-0.4, -0.2) is 24.4 Å². The van der Waals surface area contributed by atoms with Crippen molar-refractivity contribution < 1.29 is 9.59 Å². The molecular formula is C16H24N2O2S. The second-order valence-electron chi connectivity index (χ2n) is 5.81.